The molecule has 0 saturated carbocycles. The summed E-state index contributed by atoms with van der Waals surface area (Å²) < 4.78 is 18.3. The molecule has 1 aromatic heterocycles. The fourth-order valence-electron chi connectivity index (χ4n) is 1.79. The Balaban J connectivity index is 1.84. The maximum Gasteiger partial charge on any atom is 0.260 e. The van der Waals surface area contributed by atoms with Gasteiger partial charge in [-0.05, 0) is 12.1 Å². The van der Waals surface area contributed by atoms with Crippen LogP contribution in [0.2, 0.25) is 5.02 Å². The Kier molecular flexibility index (Phi) is 5.26. The zero-order chi connectivity index (χ0) is 16.1. The minimum absolute atomic E-state index is 0.0518. The highest BCUT2D eigenvalue weighted by molar-refractivity contribution is 6.30. The molecule has 2 aromatic rings. The van der Waals surface area contributed by atoms with Crippen LogP contribution in [0, 0.1) is 5.82 Å². The molecule has 118 valence electrons. The molecule has 9 heteroatoms. The number of benzene rings is 1. The second-order valence-corrected chi connectivity index (χ2v) is 5.22. The van der Waals surface area contributed by atoms with E-state index in [1.807, 2.05) is 6.92 Å². The number of rotatable bonds is 6. The molecule has 1 amide bonds. The van der Waals surface area contributed by atoms with Crippen LogP contribution in [0.1, 0.15) is 18.7 Å². The predicted molar refractivity (Wildman–Crippen MR) is 77.1 cm³/mol. The molecule has 0 bridgehead atoms. The number of tetrazole rings is 1. The maximum atomic E-state index is 13.0. The van der Waals surface area contributed by atoms with Crippen molar-refractivity contribution in [1.29, 1.82) is 0 Å². The predicted octanol–water partition coefficient (Wildman–Crippen LogP) is 1.63. The second kappa shape index (κ2) is 7.17. The van der Waals surface area contributed by atoms with E-state index in [4.69, 9.17) is 16.3 Å². The van der Waals surface area contributed by atoms with E-state index in [9.17, 15) is 9.18 Å². The maximum absolute atomic E-state index is 13.0. The summed E-state index contributed by atoms with van der Waals surface area (Å²) in [7, 11) is 1.65. The number of hydrogen-bond donors (Lipinski definition) is 1. The number of halogens is 2. The van der Waals surface area contributed by atoms with Crippen LogP contribution >= 0.6 is 11.6 Å². The van der Waals surface area contributed by atoms with Gasteiger partial charge in [0.2, 0.25) is 0 Å². The average molecular weight is 328 g/mol. The van der Waals surface area contributed by atoms with Crippen molar-refractivity contribution in [1.82, 2.24) is 25.5 Å². The molecular formula is C13H15ClFN5O2. The summed E-state index contributed by atoms with van der Waals surface area (Å²) in [5.74, 6) is 0.0420. The average Bonchev–Trinajstić information content (AvgIpc) is 3.02. The van der Waals surface area contributed by atoms with Crippen LogP contribution in [0.4, 0.5) is 4.39 Å². The number of carbonyl (C=O) groups is 1. The molecule has 1 aromatic carbocycles. The number of aromatic amines is 1. The third-order valence-corrected chi connectivity index (χ3v) is 3.32. The van der Waals surface area contributed by atoms with Gasteiger partial charge in [0.25, 0.3) is 5.91 Å². The van der Waals surface area contributed by atoms with Crippen molar-refractivity contribution in [3.05, 3.63) is 34.9 Å². The summed E-state index contributed by atoms with van der Waals surface area (Å²) in [4.78, 5) is 13.5. The van der Waals surface area contributed by atoms with E-state index < -0.39 is 5.82 Å². The lowest BCUT2D eigenvalue weighted by Gasteiger charge is -2.20. The first-order chi connectivity index (χ1) is 10.5. The summed E-state index contributed by atoms with van der Waals surface area (Å²) >= 11 is 5.64. The van der Waals surface area contributed by atoms with E-state index >= 15 is 0 Å². The molecule has 0 fully saturated rings. The number of H-pyrrole nitrogens is 1. The van der Waals surface area contributed by atoms with Crippen molar-refractivity contribution in [3.8, 4) is 5.75 Å². The van der Waals surface area contributed by atoms with E-state index in [1.165, 1.54) is 23.1 Å². The molecule has 1 unspecified atom stereocenters. The van der Waals surface area contributed by atoms with Crippen molar-refractivity contribution in [2.24, 2.45) is 0 Å². The Morgan fingerprint density at radius 1 is 1.55 bits per heavy atom. The number of likely N-dealkylation sites (N-methyl/N-ethyl adjacent to an activating group) is 1. The molecule has 0 spiro atoms. The number of hydrogen-bond acceptors (Lipinski definition) is 5. The van der Waals surface area contributed by atoms with Crippen LogP contribution < -0.4 is 4.74 Å². The molecule has 1 N–H and O–H groups in total. The molecular weight excluding hydrogens is 313 g/mol. The Morgan fingerprint density at radius 2 is 2.32 bits per heavy atom. The minimum atomic E-state index is -0.536. The molecule has 1 atom stereocenters. The SMILES string of the molecule is CC(CN(C)C(=O)COc1ccc(F)c(Cl)c1)c1nn[nH]n1. The van der Waals surface area contributed by atoms with Crippen LogP contribution in [0.15, 0.2) is 18.2 Å². The largest absolute Gasteiger partial charge is 0.484 e. The Bertz CT molecular complexity index is 637. The quantitative estimate of drug-likeness (QED) is 0.871. The number of aromatic nitrogens is 4. The monoisotopic (exact) mass is 327 g/mol. The summed E-state index contributed by atoms with van der Waals surface area (Å²) in [6, 6.07) is 3.92. The van der Waals surface area contributed by atoms with Crippen molar-refractivity contribution < 1.29 is 13.9 Å². The van der Waals surface area contributed by atoms with E-state index in [2.05, 4.69) is 20.6 Å². The Morgan fingerprint density at radius 3 is 2.95 bits per heavy atom. The standard InChI is InChI=1S/C13H15ClFN5O2/c1-8(13-16-18-19-17-13)6-20(2)12(21)7-22-9-3-4-11(15)10(14)5-9/h3-5,8H,6-7H2,1-2H3,(H,16,17,18,19). The van der Waals surface area contributed by atoms with Gasteiger partial charge in [0.1, 0.15) is 11.6 Å². The molecule has 0 radical (unpaired) electrons. The zero-order valence-electron chi connectivity index (χ0n) is 12.1. The van der Waals surface area contributed by atoms with Crippen molar-refractivity contribution >= 4 is 17.5 Å². The Hall–Kier alpha value is -2.22. The highest BCUT2D eigenvalue weighted by Crippen LogP contribution is 2.21. The summed E-state index contributed by atoms with van der Waals surface area (Å²) in [6.45, 7) is 2.14. The fraction of sp³-hybridized carbons (Fsp3) is 0.385. The van der Waals surface area contributed by atoms with Crippen LogP contribution in [-0.4, -0.2) is 51.6 Å². The van der Waals surface area contributed by atoms with Gasteiger partial charge in [-0.3, -0.25) is 4.79 Å². The van der Waals surface area contributed by atoms with Gasteiger partial charge in [-0.25, -0.2) is 4.39 Å². The molecule has 0 aliphatic carbocycles. The first-order valence-corrected chi connectivity index (χ1v) is 6.90. The lowest BCUT2D eigenvalue weighted by Crippen LogP contribution is -2.34. The van der Waals surface area contributed by atoms with Gasteiger partial charge in [0, 0.05) is 25.6 Å². The second-order valence-electron chi connectivity index (χ2n) is 4.81. The number of carbonyl (C=O) groups excluding carboxylic acids is 1. The fourth-order valence-corrected chi connectivity index (χ4v) is 1.96. The topological polar surface area (TPSA) is 84.0 Å². The third-order valence-electron chi connectivity index (χ3n) is 3.03. The summed E-state index contributed by atoms with van der Waals surface area (Å²) in [5, 5.41) is 13.5. The molecule has 7 nitrogen and oxygen atoms in total. The van der Waals surface area contributed by atoms with E-state index in [-0.39, 0.29) is 23.5 Å². The van der Waals surface area contributed by atoms with Gasteiger partial charge < -0.3 is 9.64 Å². The number of nitrogens with one attached hydrogen (secondary N) is 1. The van der Waals surface area contributed by atoms with Gasteiger partial charge in [0.15, 0.2) is 12.4 Å². The molecule has 1 heterocycles. The van der Waals surface area contributed by atoms with Crippen LogP contribution in [0.5, 0.6) is 5.75 Å². The lowest BCUT2D eigenvalue weighted by atomic mass is 10.1. The van der Waals surface area contributed by atoms with E-state index in [0.29, 0.717) is 18.1 Å². The van der Waals surface area contributed by atoms with Gasteiger partial charge in [-0.1, -0.05) is 23.7 Å². The normalized spacial score (nSPS) is 12.0. The molecule has 22 heavy (non-hydrogen) atoms. The summed E-state index contributed by atoms with van der Waals surface area (Å²) in [5.41, 5.74) is 0. The molecule has 2 rings (SSSR count). The highest BCUT2D eigenvalue weighted by Gasteiger charge is 2.17. The minimum Gasteiger partial charge on any atom is -0.484 e. The van der Waals surface area contributed by atoms with Crippen molar-refractivity contribution in [3.63, 3.8) is 0 Å². The van der Waals surface area contributed by atoms with Gasteiger partial charge in [-0.2, -0.15) is 5.21 Å². The van der Waals surface area contributed by atoms with Gasteiger partial charge >= 0.3 is 0 Å². The van der Waals surface area contributed by atoms with Gasteiger partial charge in [-0.15, -0.1) is 10.2 Å². The first-order valence-electron chi connectivity index (χ1n) is 6.52. The van der Waals surface area contributed by atoms with Crippen LogP contribution in [0.25, 0.3) is 0 Å². The number of ether oxygens (including phenoxy) is 1. The smallest absolute Gasteiger partial charge is 0.260 e. The molecule has 0 aliphatic heterocycles. The van der Waals surface area contributed by atoms with Crippen molar-refractivity contribution in [2.45, 2.75) is 12.8 Å². The van der Waals surface area contributed by atoms with E-state index in [0.717, 1.165) is 0 Å². The lowest BCUT2D eigenvalue weighted by molar-refractivity contribution is -0.132. The molecule has 0 aliphatic rings. The Labute approximate surface area is 131 Å². The molecule has 0 saturated heterocycles. The first kappa shape index (κ1) is 16.2. The number of amides is 1. The third kappa shape index (κ3) is 4.14. The highest BCUT2D eigenvalue weighted by atomic mass is 35.5. The van der Waals surface area contributed by atoms with Crippen molar-refractivity contribution in [2.75, 3.05) is 20.2 Å². The summed E-state index contributed by atoms with van der Waals surface area (Å²) in [6.07, 6.45) is 0. The van der Waals surface area contributed by atoms with Crippen LogP contribution in [0.3, 0.4) is 0 Å². The van der Waals surface area contributed by atoms with Gasteiger partial charge in [0.05, 0.1) is 5.02 Å². The zero-order valence-corrected chi connectivity index (χ0v) is 12.8. The van der Waals surface area contributed by atoms with E-state index in [1.54, 1.807) is 7.05 Å². The number of nitrogens with zero attached hydrogens (tertiary/aromatic N) is 4. The van der Waals surface area contributed by atoms with Crippen LogP contribution in [-0.2, 0) is 4.79 Å².